The van der Waals surface area contributed by atoms with Gasteiger partial charge in [-0.15, -0.1) is 0 Å². The zero-order valence-corrected chi connectivity index (χ0v) is 12.4. The minimum absolute atomic E-state index is 0.395. The van der Waals surface area contributed by atoms with Gasteiger partial charge in [0.2, 0.25) is 11.9 Å². The van der Waals surface area contributed by atoms with E-state index >= 15 is 0 Å². The van der Waals surface area contributed by atoms with Gasteiger partial charge in [-0.25, -0.2) is 0 Å². The maximum absolute atomic E-state index is 5.51. The van der Waals surface area contributed by atoms with E-state index in [4.69, 9.17) is 4.74 Å². The van der Waals surface area contributed by atoms with Crippen molar-refractivity contribution in [1.29, 1.82) is 0 Å². The van der Waals surface area contributed by atoms with E-state index in [-0.39, 0.29) is 0 Å². The molecule has 0 unspecified atom stereocenters. The number of ether oxygens (including phenoxy) is 1. The Labute approximate surface area is 115 Å². The van der Waals surface area contributed by atoms with Crippen molar-refractivity contribution in [2.24, 2.45) is 0 Å². The summed E-state index contributed by atoms with van der Waals surface area (Å²) in [6, 6.07) is 0.395. The van der Waals surface area contributed by atoms with Gasteiger partial charge in [0, 0.05) is 20.1 Å². The number of unbranched alkanes of at least 4 members (excludes halogenated alkanes) is 1. The number of rotatable bonds is 9. The molecule has 0 aliphatic rings. The number of hydrogen-bond acceptors (Lipinski definition) is 6. The molecule has 1 aromatic rings. The molecule has 0 amide bonds. The molecule has 0 aliphatic heterocycles. The van der Waals surface area contributed by atoms with Crippen LogP contribution < -0.4 is 15.0 Å². The first kappa shape index (κ1) is 15.5. The van der Waals surface area contributed by atoms with E-state index in [1.54, 1.807) is 0 Å². The minimum Gasteiger partial charge on any atom is -0.463 e. The molecule has 0 saturated carbocycles. The smallest absolute Gasteiger partial charge is 0.323 e. The molecule has 0 aromatic carbocycles. The molecule has 0 saturated heterocycles. The first-order valence-electron chi connectivity index (χ1n) is 7.05. The van der Waals surface area contributed by atoms with E-state index in [2.05, 4.69) is 34.1 Å². The van der Waals surface area contributed by atoms with Crippen LogP contribution in [0.5, 0.6) is 6.01 Å². The lowest BCUT2D eigenvalue weighted by Gasteiger charge is -2.17. The second-order valence-corrected chi connectivity index (χ2v) is 4.40. The zero-order valence-electron chi connectivity index (χ0n) is 12.4. The highest BCUT2D eigenvalue weighted by Crippen LogP contribution is 2.14. The number of nitrogens with zero attached hydrogens (tertiary/aromatic N) is 4. The zero-order chi connectivity index (χ0) is 14.1. The third-order valence-corrected chi connectivity index (χ3v) is 2.56. The van der Waals surface area contributed by atoms with E-state index in [9.17, 15) is 0 Å². The van der Waals surface area contributed by atoms with Gasteiger partial charge in [0.25, 0.3) is 0 Å². The standard InChI is InChI=1S/C13H25N5O/c1-5-8-9-18(4)12-15-11(14-7-3)16-13(17-12)19-10-6-2/h5-10H2,1-4H3,(H,14,15,16,17). The highest BCUT2D eigenvalue weighted by atomic mass is 16.5. The molecule has 1 rings (SSSR count). The average molecular weight is 267 g/mol. The number of anilines is 2. The van der Waals surface area contributed by atoms with E-state index in [0.717, 1.165) is 32.4 Å². The van der Waals surface area contributed by atoms with Gasteiger partial charge in [-0.3, -0.25) is 0 Å². The number of nitrogens with one attached hydrogen (secondary N) is 1. The first-order valence-corrected chi connectivity index (χ1v) is 7.05. The van der Waals surface area contributed by atoms with E-state index in [1.165, 1.54) is 0 Å². The van der Waals surface area contributed by atoms with Gasteiger partial charge in [0.15, 0.2) is 0 Å². The van der Waals surface area contributed by atoms with Crippen LogP contribution in [0.25, 0.3) is 0 Å². The van der Waals surface area contributed by atoms with Crippen LogP contribution in [-0.4, -0.2) is 41.7 Å². The summed E-state index contributed by atoms with van der Waals surface area (Å²) in [5.74, 6) is 1.23. The van der Waals surface area contributed by atoms with Crippen molar-refractivity contribution in [1.82, 2.24) is 15.0 Å². The molecule has 0 atom stereocenters. The summed E-state index contributed by atoms with van der Waals surface area (Å²) in [6.45, 7) is 8.56. The van der Waals surface area contributed by atoms with Crippen LogP contribution in [0.1, 0.15) is 40.0 Å². The number of hydrogen-bond donors (Lipinski definition) is 1. The highest BCUT2D eigenvalue weighted by Gasteiger charge is 2.10. The molecule has 108 valence electrons. The minimum atomic E-state index is 0.395. The van der Waals surface area contributed by atoms with Gasteiger partial charge in [0.1, 0.15) is 0 Å². The molecule has 0 fully saturated rings. The Balaban J connectivity index is 2.84. The maximum Gasteiger partial charge on any atom is 0.323 e. The van der Waals surface area contributed by atoms with Crippen LogP contribution >= 0.6 is 0 Å². The normalized spacial score (nSPS) is 10.3. The van der Waals surface area contributed by atoms with Crippen molar-refractivity contribution in [3.63, 3.8) is 0 Å². The summed E-state index contributed by atoms with van der Waals surface area (Å²) in [6.07, 6.45) is 3.20. The molecule has 0 aliphatic carbocycles. The van der Waals surface area contributed by atoms with Gasteiger partial charge >= 0.3 is 6.01 Å². The fourth-order valence-corrected chi connectivity index (χ4v) is 1.51. The molecular formula is C13H25N5O. The fourth-order valence-electron chi connectivity index (χ4n) is 1.51. The molecule has 0 spiro atoms. The maximum atomic E-state index is 5.51. The molecular weight excluding hydrogens is 242 g/mol. The third-order valence-electron chi connectivity index (χ3n) is 2.56. The molecule has 6 heteroatoms. The summed E-state index contributed by atoms with van der Waals surface area (Å²) in [4.78, 5) is 15.0. The van der Waals surface area contributed by atoms with E-state index in [0.29, 0.717) is 24.5 Å². The van der Waals surface area contributed by atoms with Crippen LogP contribution in [0.15, 0.2) is 0 Å². The fraction of sp³-hybridized carbons (Fsp3) is 0.769. The quantitative estimate of drug-likeness (QED) is 0.741. The monoisotopic (exact) mass is 267 g/mol. The molecule has 1 N–H and O–H groups in total. The van der Waals surface area contributed by atoms with Crippen LogP contribution in [-0.2, 0) is 0 Å². The molecule has 1 heterocycles. The lowest BCUT2D eigenvalue weighted by atomic mass is 10.3. The van der Waals surface area contributed by atoms with Crippen LogP contribution in [0.3, 0.4) is 0 Å². The summed E-state index contributed by atoms with van der Waals surface area (Å²) in [7, 11) is 1.99. The Morgan fingerprint density at radius 1 is 1.11 bits per heavy atom. The topological polar surface area (TPSA) is 63.2 Å². The van der Waals surface area contributed by atoms with Crippen molar-refractivity contribution in [3.8, 4) is 6.01 Å². The van der Waals surface area contributed by atoms with E-state index in [1.807, 2.05) is 18.9 Å². The van der Waals surface area contributed by atoms with Gasteiger partial charge in [0.05, 0.1) is 6.61 Å². The number of aromatic nitrogens is 3. The molecule has 1 aromatic heterocycles. The predicted molar refractivity (Wildman–Crippen MR) is 78.0 cm³/mol. The van der Waals surface area contributed by atoms with Crippen LogP contribution in [0.4, 0.5) is 11.9 Å². The van der Waals surface area contributed by atoms with Crippen LogP contribution in [0.2, 0.25) is 0 Å². The second kappa shape index (κ2) is 8.50. The van der Waals surface area contributed by atoms with Gasteiger partial charge in [-0.1, -0.05) is 20.3 Å². The van der Waals surface area contributed by atoms with Crippen LogP contribution in [0, 0.1) is 0 Å². The predicted octanol–water partition coefficient (Wildman–Crippen LogP) is 2.33. The molecule has 6 nitrogen and oxygen atoms in total. The summed E-state index contributed by atoms with van der Waals surface area (Å²) in [5.41, 5.74) is 0. The lowest BCUT2D eigenvalue weighted by molar-refractivity contribution is 0.292. The Morgan fingerprint density at radius 3 is 2.53 bits per heavy atom. The Bertz CT molecular complexity index is 372. The average Bonchev–Trinajstić information content (AvgIpc) is 2.42. The Morgan fingerprint density at radius 2 is 1.89 bits per heavy atom. The van der Waals surface area contributed by atoms with Gasteiger partial charge in [-0.05, 0) is 19.8 Å². The van der Waals surface area contributed by atoms with Crippen molar-refractivity contribution >= 4 is 11.9 Å². The van der Waals surface area contributed by atoms with Crippen molar-refractivity contribution in [2.45, 2.75) is 40.0 Å². The molecule has 0 radical (unpaired) electrons. The molecule has 0 bridgehead atoms. The first-order chi connectivity index (χ1) is 9.21. The van der Waals surface area contributed by atoms with Gasteiger partial charge < -0.3 is 15.0 Å². The lowest BCUT2D eigenvalue weighted by Crippen LogP contribution is -2.22. The third kappa shape index (κ3) is 5.28. The summed E-state index contributed by atoms with van der Waals surface area (Å²) in [5, 5.41) is 3.11. The SMILES string of the molecule is CCCCN(C)c1nc(NCC)nc(OCCC)n1. The van der Waals surface area contributed by atoms with Crippen molar-refractivity contribution < 1.29 is 4.74 Å². The van der Waals surface area contributed by atoms with E-state index < -0.39 is 0 Å². The molecule has 19 heavy (non-hydrogen) atoms. The Hall–Kier alpha value is -1.59. The van der Waals surface area contributed by atoms with Crippen molar-refractivity contribution in [3.05, 3.63) is 0 Å². The second-order valence-electron chi connectivity index (χ2n) is 4.40. The van der Waals surface area contributed by atoms with Crippen molar-refractivity contribution in [2.75, 3.05) is 37.0 Å². The Kier molecular flexibility index (Phi) is 6.92. The highest BCUT2D eigenvalue weighted by molar-refractivity contribution is 5.37. The summed E-state index contributed by atoms with van der Waals surface area (Å²) < 4.78 is 5.51. The largest absolute Gasteiger partial charge is 0.463 e. The van der Waals surface area contributed by atoms with Gasteiger partial charge in [-0.2, -0.15) is 15.0 Å². The summed E-state index contributed by atoms with van der Waals surface area (Å²) >= 11 is 0.